The van der Waals surface area contributed by atoms with Gasteiger partial charge in [0, 0.05) is 5.56 Å². The van der Waals surface area contributed by atoms with E-state index in [1.54, 1.807) is 26.0 Å². The molecule has 0 radical (unpaired) electrons. The van der Waals surface area contributed by atoms with Crippen molar-refractivity contribution >= 4 is 21.7 Å². The van der Waals surface area contributed by atoms with Crippen LogP contribution in [0, 0.1) is 19.7 Å². The smallest absolute Gasteiger partial charge is 0.228 e. The second-order valence-corrected chi connectivity index (χ2v) is 4.64. The summed E-state index contributed by atoms with van der Waals surface area (Å²) in [5.41, 5.74) is 1.35. The molecule has 1 heterocycles. The third-order valence-corrected chi connectivity index (χ3v) is 2.92. The fourth-order valence-corrected chi connectivity index (χ4v) is 1.96. The van der Waals surface area contributed by atoms with Crippen LogP contribution in [0.25, 0.3) is 0 Å². The largest absolute Gasteiger partial charge is 0.446 e. The van der Waals surface area contributed by atoms with Crippen molar-refractivity contribution in [3.63, 3.8) is 0 Å². The van der Waals surface area contributed by atoms with Crippen molar-refractivity contribution in [3.05, 3.63) is 57.2 Å². The van der Waals surface area contributed by atoms with Gasteiger partial charge in [0.2, 0.25) is 5.78 Å². The van der Waals surface area contributed by atoms with Crippen molar-refractivity contribution in [2.45, 2.75) is 13.8 Å². The van der Waals surface area contributed by atoms with Crippen molar-refractivity contribution in [2.75, 3.05) is 0 Å². The van der Waals surface area contributed by atoms with Crippen LogP contribution in [0.15, 0.2) is 33.4 Å². The van der Waals surface area contributed by atoms with Crippen LogP contribution in [0.5, 0.6) is 0 Å². The summed E-state index contributed by atoms with van der Waals surface area (Å²) in [5, 5.41) is 0. The second-order valence-electron chi connectivity index (χ2n) is 3.86. The molecule has 4 heteroatoms. The first-order valence-electron chi connectivity index (χ1n) is 5.06. The van der Waals surface area contributed by atoms with E-state index in [4.69, 9.17) is 4.42 Å². The first-order chi connectivity index (χ1) is 7.99. The SMILES string of the molecule is Cc1cc(C(=O)c2ccc(Br)o2)cc(C)c1F. The zero-order valence-corrected chi connectivity index (χ0v) is 11.0. The number of rotatable bonds is 2. The lowest BCUT2D eigenvalue weighted by atomic mass is 10.0. The van der Waals surface area contributed by atoms with Crippen LogP contribution in [0.3, 0.4) is 0 Å². The zero-order chi connectivity index (χ0) is 12.6. The van der Waals surface area contributed by atoms with Crippen molar-refractivity contribution in [2.24, 2.45) is 0 Å². The van der Waals surface area contributed by atoms with Crippen LogP contribution in [-0.2, 0) is 0 Å². The first-order valence-corrected chi connectivity index (χ1v) is 5.85. The van der Waals surface area contributed by atoms with Gasteiger partial charge in [0.15, 0.2) is 10.4 Å². The maximum atomic E-state index is 13.4. The van der Waals surface area contributed by atoms with Gasteiger partial charge in [-0.25, -0.2) is 4.39 Å². The van der Waals surface area contributed by atoms with Crippen LogP contribution in [0.2, 0.25) is 0 Å². The molecule has 0 bridgehead atoms. The number of hydrogen-bond acceptors (Lipinski definition) is 2. The van der Waals surface area contributed by atoms with E-state index in [9.17, 15) is 9.18 Å². The summed E-state index contributed by atoms with van der Waals surface area (Å²) in [4.78, 5) is 12.0. The number of ketones is 1. The Morgan fingerprint density at radius 3 is 2.29 bits per heavy atom. The monoisotopic (exact) mass is 296 g/mol. The molecule has 0 N–H and O–H groups in total. The van der Waals surface area contributed by atoms with Gasteiger partial charge in [-0.15, -0.1) is 0 Å². The van der Waals surface area contributed by atoms with Gasteiger partial charge in [0.1, 0.15) is 5.82 Å². The van der Waals surface area contributed by atoms with Crippen LogP contribution < -0.4 is 0 Å². The molecule has 2 nitrogen and oxygen atoms in total. The molecule has 0 saturated heterocycles. The molecule has 0 aliphatic carbocycles. The molecule has 2 rings (SSSR count). The fraction of sp³-hybridized carbons (Fsp3) is 0.154. The molecule has 0 amide bonds. The van der Waals surface area contributed by atoms with Gasteiger partial charge in [-0.2, -0.15) is 0 Å². The molecule has 0 aliphatic rings. The molecular weight excluding hydrogens is 287 g/mol. The van der Waals surface area contributed by atoms with Crippen LogP contribution in [0.4, 0.5) is 4.39 Å². The Labute approximate surface area is 107 Å². The maximum Gasteiger partial charge on any atom is 0.228 e. The third-order valence-electron chi connectivity index (χ3n) is 2.50. The van der Waals surface area contributed by atoms with Gasteiger partial charge in [-0.3, -0.25) is 4.79 Å². The lowest BCUT2D eigenvalue weighted by Gasteiger charge is -2.04. The first kappa shape index (κ1) is 12.0. The van der Waals surface area contributed by atoms with Crippen molar-refractivity contribution < 1.29 is 13.6 Å². The minimum absolute atomic E-state index is 0.238. The van der Waals surface area contributed by atoms with E-state index >= 15 is 0 Å². The maximum absolute atomic E-state index is 13.4. The zero-order valence-electron chi connectivity index (χ0n) is 9.38. The number of hydrogen-bond donors (Lipinski definition) is 0. The third kappa shape index (κ3) is 2.31. The molecule has 88 valence electrons. The van der Waals surface area contributed by atoms with Gasteiger partial charge in [-0.1, -0.05) is 0 Å². The average molecular weight is 297 g/mol. The number of furan rings is 1. The number of halogens is 2. The summed E-state index contributed by atoms with van der Waals surface area (Å²) < 4.78 is 19.1. The van der Waals surface area contributed by atoms with E-state index in [-0.39, 0.29) is 17.4 Å². The molecule has 0 aliphatic heterocycles. The number of benzene rings is 1. The lowest BCUT2D eigenvalue weighted by Crippen LogP contribution is -2.02. The summed E-state index contributed by atoms with van der Waals surface area (Å²) in [6, 6.07) is 6.29. The fourth-order valence-electron chi connectivity index (χ4n) is 1.66. The van der Waals surface area contributed by atoms with E-state index in [2.05, 4.69) is 15.9 Å². The van der Waals surface area contributed by atoms with Crippen molar-refractivity contribution in [1.82, 2.24) is 0 Å². The standard InChI is InChI=1S/C13H10BrFO2/c1-7-5-9(6-8(2)12(7)15)13(16)10-3-4-11(14)17-10/h3-6H,1-2H3. The molecule has 2 aromatic rings. The molecule has 0 unspecified atom stereocenters. The van der Waals surface area contributed by atoms with E-state index < -0.39 is 0 Å². The van der Waals surface area contributed by atoms with Crippen molar-refractivity contribution in [1.29, 1.82) is 0 Å². The Kier molecular flexibility index (Phi) is 3.15. The molecule has 1 aromatic carbocycles. The summed E-state index contributed by atoms with van der Waals surface area (Å²) in [7, 11) is 0. The summed E-state index contributed by atoms with van der Waals surface area (Å²) in [6.07, 6.45) is 0. The highest BCUT2D eigenvalue weighted by atomic mass is 79.9. The van der Waals surface area contributed by atoms with E-state index in [0.717, 1.165) is 0 Å². The Morgan fingerprint density at radius 2 is 1.82 bits per heavy atom. The summed E-state index contributed by atoms with van der Waals surface area (Å²) in [5.74, 6) is -0.286. The molecule has 1 aromatic heterocycles. The molecule has 0 fully saturated rings. The van der Waals surface area contributed by atoms with Crippen LogP contribution >= 0.6 is 15.9 Å². The minimum Gasteiger partial charge on any atom is -0.446 e. The van der Waals surface area contributed by atoms with Crippen molar-refractivity contribution in [3.8, 4) is 0 Å². The number of carbonyl (C=O) groups is 1. The summed E-state index contributed by atoms with van der Waals surface area (Å²) in [6.45, 7) is 3.27. The highest BCUT2D eigenvalue weighted by molar-refractivity contribution is 9.10. The van der Waals surface area contributed by atoms with Gasteiger partial charge < -0.3 is 4.42 Å². The molecule has 0 spiro atoms. The Hall–Kier alpha value is -1.42. The van der Waals surface area contributed by atoms with Gasteiger partial charge >= 0.3 is 0 Å². The molecule has 0 saturated carbocycles. The highest BCUT2D eigenvalue weighted by Gasteiger charge is 2.15. The highest BCUT2D eigenvalue weighted by Crippen LogP contribution is 2.20. The molecule has 17 heavy (non-hydrogen) atoms. The quantitative estimate of drug-likeness (QED) is 0.783. The van der Waals surface area contributed by atoms with Gasteiger partial charge in [0.25, 0.3) is 0 Å². The average Bonchev–Trinajstić information content (AvgIpc) is 2.71. The van der Waals surface area contributed by atoms with E-state index in [0.29, 0.717) is 21.4 Å². The van der Waals surface area contributed by atoms with E-state index in [1.807, 2.05) is 0 Å². The second kappa shape index (κ2) is 4.45. The van der Waals surface area contributed by atoms with Gasteiger partial charge in [-0.05, 0) is 65.2 Å². The topological polar surface area (TPSA) is 30.2 Å². The molecular formula is C13H10BrFO2. The van der Waals surface area contributed by atoms with E-state index in [1.165, 1.54) is 12.1 Å². The summed E-state index contributed by atoms with van der Waals surface area (Å²) >= 11 is 3.13. The van der Waals surface area contributed by atoms with Crippen LogP contribution in [0.1, 0.15) is 27.2 Å². The Balaban J connectivity index is 2.44. The molecule has 0 atom stereocenters. The van der Waals surface area contributed by atoms with Crippen LogP contribution in [-0.4, -0.2) is 5.78 Å². The minimum atomic E-state index is -0.276. The predicted octanol–water partition coefficient (Wildman–Crippen LogP) is 4.03. The normalized spacial score (nSPS) is 10.6. The Bertz CT molecular complexity index is 564. The number of carbonyl (C=O) groups excluding carboxylic acids is 1. The van der Waals surface area contributed by atoms with Gasteiger partial charge in [0.05, 0.1) is 0 Å². The Morgan fingerprint density at radius 1 is 1.24 bits per heavy atom. The predicted molar refractivity (Wildman–Crippen MR) is 65.7 cm³/mol. The number of aryl methyl sites for hydroxylation is 2. The lowest BCUT2D eigenvalue weighted by molar-refractivity contribution is 0.101.